The molecule has 1 heterocycles. The number of hydrogen-bond acceptors (Lipinski definition) is 7. The van der Waals surface area contributed by atoms with E-state index in [1.807, 2.05) is 0 Å². The number of halogens is 3. The number of aldehydes is 1. The van der Waals surface area contributed by atoms with E-state index in [1.54, 1.807) is 6.07 Å². The molecule has 0 saturated heterocycles. The van der Waals surface area contributed by atoms with Crippen LogP contribution in [0.3, 0.4) is 0 Å². The Labute approximate surface area is 191 Å². The Hall–Kier alpha value is -3.39. The van der Waals surface area contributed by atoms with Gasteiger partial charge in [0, 0.05) is 16.0 Å². The molecule has 3 aromatic rings. The third-order valence-electron chi connectivity index (χ3n) is 5.76. The van der Waals surface area contributed by atoms with Gasteiger partial charge in [0.1, 0.15) is 17.6 Å². The molecule has 6 nitrogen and oxygen atoms in total. The Morgan fingerprint density at radius 2 is 1.91 bits per heavy atom. The number of benzene rings is 2. The number of thiophene rings is 1. The van der Waals surface area contributed by atoms with E-state index in [2.05, 4.69) is 0 Å². The molecule has 1 aliphatic rings. The van der Waals surface area contributed by atoms with Crippen LogP contribution in [0.5, 0.6) is 0 Å². The monoisotopic (exact) mass is 472 g/mol. The molecule has 0 bridgehead atoms. The number of carbonyl (C=O) groups is 1. The lowest BCUT2D eigenvalue weighted by atomic mass is 9.80. The SMILES string of the molecule is N#Cc1ccc(-c2cc(C=O)sc2-c2cc(N)c(N(N)CC3(O)CCC3)c(F)c2F)cc1F. The van der Waals surface area contributed by atoms with E-state index in [1.165, 1.54) is 24.3 Å². The third-order valence-corrected chi connectivity index (χ3v) is 6.85. The number of nitriles is 1. The van der Waals surface area contributed by atoms with Crippen LogP contribution < -0.4 is 16.6 Å². The number of nitrogens with zero attached hydrogens (tertiary/aromatic N) is 2. The van der Waals surface area contributed by atoms with Gasteiger partial charge in [-0.15, -0.1) is 11.3 Å². The molecule has 0 amide bonds. The summed E-state index contributed by atoms with van der Waals surface area (Å²) in [7, 11) is 0. The highest BCUT2D eigenvalue weighted by molar-refractivity contribution is 7.17. The minimum absolute atomic E-state index is 0.114. The molecule has 0 spiro atoms. The van der Waals surface area contributed by atoms with Gasteiger partial charge in [-0.3, -0.25) is 4.79 Å². The zero-order valence-corrected chi connectivity index (χ0v) is 18.1. The maximum Gasteiger partial charge on any atom is 0.186 e. The number of anilines is 2. The van der Waals surface area contributed by atoms with Crippen molar-refractivity contribution in [3.8, 4) is 27.6 Å². The van der Waals surface area contributed by atoms with Crippen molar-refractivity contribution in [2.24, 2.45) is 5.84 Å². The van der Waals surface area contributed by atoms with E-state index in [-0.39, 0.29) is 49.9 Å². The average Bonchev–Trinajstić information content (AvgIpc) is 3.19. The lowest BCUT2D eigenvalue weighted by molar-refractivity contribution is -0.0256. The molecule has 5 N–H and O–H groups in total. The minimum atomic E-state index is -1.30. The van der Waals surface area contributed by atoms with Gasteiger partial charge in [-0.1, -0.05) is 6.07 Å². The number of nitrogens with two attached hydrogens (primary N) is 2. The van der Waals surface area contributed by atoms with Crippen LogP contribution in [0.4, 0.5) is 24.5 Å². The summed E-state index contributed by atoms with van der Waals surface area (Å²) in [4.78, 5) is 11.8. The van der Waals surface area contributed by atoms with Gasteiger partial charge in [0.15, 0.2) is 17.9 Å². The van der Waals surface area contributed by atoms with Crippen LogP contribution >= 0.6 is 11.3 Å². The second-order valence-corrected chi connectivity index (χ2v) is 9.10. The van der Waals surface area contributed by atoms with Crippen molar-refractivity contribution in [3.05, 3.63) is 58.2 Å². The average molecular weight is 472 g/mol. The van der Waals surface area contributed by atoms with Crippen LogP contribution in [-0.2, 0) is 0 Å². The largest absolute Gasteiger partial charge is 0.397 e. The van der Waals surface area contributed by atoms with Gasteiger partial charge in [-0.05, 0) is 49.1 Å². The lowest BCUT2D eigenvalue weighted by Crippen LogP contribution is -2.51. The van der Waals surface area contributed by atoms with Crippen LogP contribution in [0.25, 0.3) is 21.6 Å². The fourth-order valence-electron chi connectivity index (χ4n) is 3.89. The first-order valence-electron chi connectivity index (χ1n) is 9.99. The Bertz CT molecular complexity index is 1300. The minimum Gasteiger partial charge on any atom is -0.397 e. The van der Waals surface area contributed by atoms with Crippen molar-refractivity contribution in [1.82, 2.24) is 0 Å². The Kier molecular flexibility index (Phi) is 5.88. The summed E-state index contributed by atoms with van der Waals surface area (Å²) in [5, 5.41) is 20.2. The van der Waals surface area contributed by atoms with Gasteiger partial charge in [-0.25, -0.2) is 19.0 Å². The summed E-state index contributed by atoms with van der Waals surface area (Å²) in [6, 6.07) is 8.14. The number of rotatable bonds is 6. The molecule has 0 unspecified atom stereocenters. The van der Waals surface area contributed by atoms with Gasteiger partial charge in [-0.2, -0.15) is 5.26 Å². The van der Waals surface area contributed by atoms with Gasteiger partial charge in [0.05, 0.1) is 28.3 Å². The topological polar surface area (TPSA) is 116 Å². The van der Waals surface area contributed by atoms with Crippen molar-refractivity contribution in [2.75, 3.05) is 17.3 Å². The Morgan fingerprint density at radius 3 is 2.48 bits per heavy atom. The second kappa shape index (κ2) is 8.51. The molecule has 1 saturated carbocycles. The first-order valence-corrected chi connectivity index (χ1v) is 10.8. The third kappa shape index (κ3) is 4.06. The van der Waals surface area contributed by atoms with E-state index in [4.69, 9.17) is 16.8 Å². The molecular weight excluding hydrogens is 453 g/mol. The molecule has 33 heavy (non-hydrogen) atoms. The van der Waals surface area contributed by atoms with Crippen LogP contribution in [0, 0.1) is 28.8 Å². The fourth-order valence-corrected chi connectivity index (χ4v) is 4.89. The van der Waals surface area contributed by atoms with Crippen molar-refractivity contribution < 1.29 is 23.1 Å². The standard InChI is InChI=1S/C23H19F3N4O2S/c24-17-6-12(2-3-13(17)9-27)15-7-14(10-31)33-22(15)16-8-18(28)21(20(26)19(16)25)30(29)11-23(32)4-1-5-23/h2-3,6-8,10,32H,1,4-5,11,28-29H2. The Morgan fingerprint density at radius 1 is 1.18 bits per heavy atom. The summed E-state index contributed by atoms with van der Waals surface area (Å²) < 4.78 is 44.6. The molecule has 1 fully saturated rings. The van der Waals surface area contributed by atoms with Gasteiger partial charge in [0.2, 0.25) is 0 Å². The van der Waals surface area contributed by atoms with Gasteiger partial charge in [0.25, 0.3) is 0 Å². The van der Waals surface area contributed by atoms with E-state index in [0.29, 0.717) is 19.1 Å². The maximum atomic E-state index is 15.2. The van der Waals surface area contributed by atoms with Crippen molar-refractivity contribution in [3.63, 3.8) is 0 Å². The smallest absolute Gasteiger partial charge is 0.186 e. The summed E-state index contributed by atoms with van der Waals surface area (Å²) in [6.45, 7) is -0.114. The molecule has 1 aliphatic carbocycles. The highest BCUT2D eigenvalue weighted by Gasteiger charge is 2.37. The number of hydrogen-bond donors (Lipinski definition) is 3. The molecular formula is C23H19F3N4O2S. The fraction of sp³-hybridized carbons (Fsp3) is 0.217. The molecule has 10 heteroatoms. The van der Waals surface area contributed by atoms with E-state index in [0.717, 1.165) is 28.8 Å². The number of aliphatic hydroxyl groups is 1. The highest BCUT2D eigenvalue weighted by atomic mass is 32.1. The quantitative estimate of drug-likeness (QED) is 0.212. The second-order valence-electron chi connectivity index (χ2n) is 8.01. The normalized spacial score (nSPS) is 14.4. The first-order chi connectivity index (χ1) is 15.7. The Balaban J connectivity index is 1.81. The molecule has 4 rings (SSSR count). The molecule has 0 aliphatic heterocycles. The number of nitrogen functional groups attached to an aromatic ring is 1. The number of hydrazine groups is 1. The van der Waals surface area contributed by atoms with Gasteiger partial charge >= 0.3 is 0 Å². The summed E-state index contributed by atoms with van der Waals surface area (Å²) in [5.41, 5.74) is 4.57. The van der Waals surface area contributed by atoms with Crippen molar-refractivity contribution >= 4 is 29.0 Å². The van der Waals surface area contributed by atoms with E-state index < -0.39 is 23.1 Å². The summed E-state index contributed by atoms with van der Waals surface area (Å²) in [5.74, 6) is 2.59. The van der Waals surface area contributed by atoms with Gasteiger partial charge < -0.3 is 15.8 Å². The predicted molar refractivity (Wildman–Crippen MR) is 120 cm³/mol. The van der Waals surface area contributed by atoms with Crippen LogP contribution in [0.2, 0.25) is 0 Å². The molecule has 170 valence electrons. The van der Waals surface area contributed by atoms with E-state index >= 15 is 8.78 Å². The zero-order chi connectivity index (χ0) is 23.9. The predicted octanol–water partition coefficient (Wildman–Crippen LogP) is 4.36. The molecule has 1 aromatic heterocycles. The zero-order valence-electron chi connectivity index (χ0n) is 17.2. The molecule has 0 radical (unpaired) electrons. The summed E-state index contributed by atoms with van der Waals surface area (Å²) >= 11 is 0.889. The van der Waals surface area contributed by atoms with E-state index in [9.17, 15) is 14.3 Å². The van der Waals surface area contributed by atoms with Crippen molar-refractivity contribution in [2.45, 2.75) is 24.9 Å². The van der Waals surface area contributed by atoms with Crippen LogP contribution in [-0.4, -0.2) is 23.5 Å². The number of carbonyl (C=O) groups excluding carboxylic acids is 1. The van der Waals surface area contributed by atoms with Crippen LogP contribution in [0.15, 0.2) is 30.3 Å². The molecule has 0 atom stereocenters. The highest BCUT2D eigenvalue weighted by Crippen LogP contribution is 2.44. The lowest BCUT2D eigenvalue weighted by Gasteiger charge is -2.40. The van der Waals surface area contributed by atoms with Crippen molar-refractivity contribution in [1.29, 1.82) is 5.26 Å². The molecule has 2 aromatic carbocycles. The van der Waals surface area contributed by atoms with Crippen LogP contribution in [0.1, 0.15) is 34.5 Å². The maximum absolute atomic E-state index is 15.2. The summed E-state index contributed by atoms with van der Waals surface area (Å²) in [6.07, 6.45) is 2.35. The first kappa shape index (κ1) is 22.8.